The first kappa shape index (κ1) is 18.9. The Balaban J connectivity index is 1.96. The zero-order chi connectivity index (χ0) is 19.1. The summed E-state index contributed by atoms with van der Waals surface area (Å²) in [6.45, 7) is 0. The fourth-order valence-corrected chi connectivity index (χ4v) is 2.06. The van der Waals surface area contributed by atoms with Gasteiger partial charge in [-0.3, -0.25) is 9.59 Å². The molecule has 0 unspecified atom stereocenters. The van der Waals surface area contributed by atoms with Crippen LogP contribution < -0.4 is 15.5 Å². The number of hydrogen-bond donors (Lipinski definition) is 3. The van der Waals surface area contributed by atoms with Crippen LogP contribution >= 0.6 is 11.6 Å². The molecular weight excluding hydrogens is 362 g/mol. The van der Waals surface area contributed by atoms with Crippen molar-refractivity contribution in [2.24, 2.45) is 5.10 Å². The second-order valence-electron chi connectivity index (χ2n) is 4.93. The largest absolute Gasteiger partial charge is 0.495 e. The van der Waals surface area contributed by atoms with Crippen LogP contribution in [0.4, 0.5) is 5.69 Å². The van der Waals surface area contributed by atoms with Crippen molar-refractivity contribution in [3.8, 4) is 5.75 Å². The van der Waals surface area contributed by atoms with Crippen molar-refractivity contribution < 1.29 is 24.2 Å². The molecule has 2 rings (SSSR count). The highest BCUT2D eigenvalue weighted by atomic mass is 35.5. The SMILES string of the molecule is COc1ccc(Cl)cc1NC(=O)C(=O)N/N=C\c1ccc(C(=O)O)cc1. The minimum absolute atomic E-state index is 0.126. The van der Waals surface area contributed by atoms with E-state index in [0.717, 1.165) is 0 Å². The van der Waals surface area contributed by atoms with Gasteiger partial charge >= 0.3 is 17.8 Å². The molecule has 0 bridgehead atoms. The average molecular weight is 376 g/mol. The fraction of sp³-hybridized carbons (Fsp3) is 0.0588. The van der Waals surface area contributed by atoms with Crippen molar-refractivity contribution in [3.05, 3.63) is 58.6 Å². The number of hydrazone groups is 1. The molecule has 2 aromatic rings. The second kappa shape index (κ2) is 8.63. The maximum Gasteiger partial charge on any atom is 0.335 e. The van der Waals surface area contributed by atoms with Gasteiger partial charge in [-0.05, 0) is 35.9 Å². The number of rotatable bonds is 5. The van der Waals surface area contributed by atoms with Crippen molar-refractivity contribution in [1.82, 2.24) is 5.43 Å². The van der Waals surface area contributed by atoms with E-state index in [1.54, 1.807) is 12.1 Å². The summed E-state index contributed by atoms with van der Waals surface area (Å²) in [7, 11) is 1.42. The van der Waals surface area contributed by atoms with Gasteiger partial charge in [-0.25, -0.2) is 10.2 Å². The molecule has 0 heterocycles. The first-order valence-electron chi connectivity index (χ1n) is 7.22. The first-order valence-corrected chi connectivity index (χ1v) is 7.60. The number of aromatic carboxylic acids is 1. The highest BCUT2D eigenvalue weighted by Gasteiger charge is 2.15. The lowest BCUT2D eigenvalue weighted by Crippen LogP contribution is -2.32. The molecule has 0 spiro atoms. The lowest BCUT2D eigenvalue weighted by molar-refractivity contribution is -0.136. The summed E-state index contributed by atoms with van der Waals surface area (Å²) in [5, 5.41) is 15.2. The van der Waals surface area contributed by atoms with Gasteiger partial charge in [-0.1, -0.05) is 23.7 Å². The number of carboxylic acids is 1. The van der Waals surface area contributed by atoms with E-state index >= 15 is 0 Å². The fourth-order valence-electron chi connectivity index (χ4n) is 1.88. The minimum Gasteiger partial charge on any atom is -0.495 e. The Morgan fingerprint density at radius 1 is 1.12 bits per heavy atom. The summed E-state index contributed by atoms with van der Waals surface area (Å²) < 4.78 is 5.07. The van der Waals surface area contributed by atoms with E-state index in [1.807, 2.05) is 0 Å². The quantitative estimate of drug-likeness (QED) is 0.420. The maximum absolute atomic E-state index is 11.9. The molecule has 0 radical (unpaired) electrons. The summed E-state index contributed by atoms with van der Waals surface area (Å²) in [4.78, 5) is 34.4. The van der Waals surface area contributed by atoms with E-state index in [2.05, 4.69) is 15.8 Å². The smallest absolute Gasteiger partial charge is 0.335 e. The van der Waals surface area contributed by atoms with Crippen LogP contribution in [0, 0.1) is 0 Å². The van der Waals surface area contributed by atoms with E-state index in [4.69, 9.17) is 21.4 Å². The van der Waals surface area contributed by atoms with E-state index in [1.165, 1.54) is 43.7 Å². The van der Waals surface area contributed by atoms with Gasteiger partial charge in [0, 0.05) is 5.02 Å². The molecule has 0 saturated carbocycles. The number of methoxy groups -OCH3 is 1. The molecule has 0 aliphatic carbocycles. The second-order valence-corrected chi connectivity index (χ2v) is 5.36. The van der Waals surface area contributed by atoms with Gasteiger partial charge < -0.3 is 15.2 Å². The third-order valence-corrected chi connectivity index (χ3v) is 3.39. The molecule has 26 heavy (non-hydrogen) atoms. The summed E-state index contributed by atoms with van der Waals surface area (Å²) in [5.74, 6) is -2.65. The van der Waals surface area contributed by atoms with E-state index in [9.17, 15) is 14.4 Å². The summed E-state index contributed by atoms with van der Waals surface area (Å²) in [6, 6.07) is 10.4. The lowest BCUT2D eigenvalue weighted by atomic mass is 10.1. The van der Waals surface area contributed by atoms with Crippen LogP contribution in [-0.4, -0.2) is 36.2 Å². The Hall–Kier alpha value is -3.39. The number of carbonyl (C=O) groups excluding carboxylic acids is 2. The van der Waals surface area contributed by atoms with Crippen molar-refractivity contribution in [2.45, 2.75) is 0 Å². The molecule has 0 atom stereocenters. The topological polar surface area (TPSA) is 117 Å². The first-order chi connectivity index (χ1) is 12.4. The Morgan fingerprint density at radius 3 is 2.42 bits per heavy atom. The molecule has 0 saturated heterocycles. The zero-order valence-corrected chi connectivity index (χ0v) is 14.3. The molecule has 2 aromatic carbocycles. The Labute approximate surface area is 153 Å². The number of carboxylic acid groups (broad SMARTS) is 1. The summed E-state index contributed by atoms with van der Waals surface area (Å²) in [6.07, 6.45) is 1.27. The van der Waals surface area contributed by atoms with Crippen LogP contribution in [0.1, 0.15) is 15.9 Å². The molecular formula is C17H14ClN3O5. The molecule has 0 aromatic heterocycles. The molecule has 134 valence electrons. The van der Waals surface area contributed by atoms with Crippen LogP contribution in [0.15, 0.2) is 47.6 Å². The van der Waals surface area contributed by atoms with Crippen LogP contribution in [0.3, 0.4) is 0 Å². The van der Waals surface area contributed by atoms with Crippen LogP contribution in [0.25, 0.3) is 0 Å². The summed E-state index contributed by atoms with van der Waals surface area (Å²) in [5.41, 5.74) is 2.99. The Morgan fingerprint density at radius 2 is 1.81 bits per heavy atom. The highest BCUT2D eigenvalue weighted by Crippen LogP contribution is 2.27. The van der Waals surface area contributed by atoms with Crippen molar-refractivity contribution in [2.75, 3.05) is 12.4 Å². The van der Waals surface area contributed by atoms with E-state index in [0.29, 0.717) is 16.3 Å². The molecule has 2 amide bonds. The maximum atomic E-state index is 11.9. The third-order valence-electron chi connectivity index (χ3n) is 3.15. The number of anilines is 1. The zero-order valence-electron chi connectivity index (χ0n) is 13.5. The van der Waals surface area contributed by atoms with E-state index < -0.39 is 17.8 Å². The number of carbonyl (C=O) groups is 3. The minimum atomic E-state index is -1.05. The van der Waals surface area contributed by atoms with E-state index in [-0.39, 0.29) is 11.3 Å². The van der Waals surface area contributed by atoms with Crippen molar-refractivity contribution >= 4 is 41.3 Å². The van der Waals surface area contributed by atoms with Crippen molar-refractivity contribution in [3.63, 3.8) is 0 Å². The number of benzene rings is 2. The average Bonchev–Trinajstić information content (AvgIpc) is 2.62. The van der Waals surface area contributed by atoms with Crippen molar-refractivity contribution in [1.29, 1.82) is 0 Å². The highest BCUT2D eigenvalue weighted by molar-refractivity contribution is 6.40. The van der Waals surface area contributed by atoms with Gasteiger partial charge in [-0.2, -0.15) is 5.10 Å². The van der Waals surface area contributed by atoms with Gasteiger partial charge in [0.25, 0.3) is 0 Å². The molecule has 0 aliphatic rings. The predicted octanol–water partition coefficient (Wildman–Crippen LogP) is 2.14. The molecule has 0 aliphatic heterocycles. The van der Waals surface area contributed by atoms with Crippen LogP contribution in [0.2, 0.25) is 5.02 Å². The van der Waals surface area contributed by atoms with Crippen LogP contribution in [0.5, 0.6) is 5.75 Å². The monoisotopic (exact) mass is 375 g/mol. The third kappa shape index (κ3) is 5.05. The molecule has 0 fully saturated rings. The number of hydrogen-bond acceptors (Lipinski definition) is 5. The standard InChI is InChI=1S/C17H14ClN3O5/c1-26-14-7-6-12(18)8-13(14)20-15(22)16(23)21-19-9-10-2-4-11(5-3-10)17(24)25/h2-9H,1H3,(H,20,22)(H,21,23)(H,24,25)/b19-9-. The normalized spacial score (nSPS) is 10.4. The Kier molecular flexibility index (Phi) is 6.29. The number of halogens is 1. The Bertz CT molecular complexity index is 865. The predicted molar refractivity (Wildman–Crippen MR) is 95.8 cm³/mol. The number of ether oxygens (including phenoxy) is 1. The van der Waals surface area contributed by atoms with Gasteiger partial charge in [0.1, 0.15) is 5.75 Å². The van der Waals surface area contributed by atoms with Gasteiger partial charge in [-0.15, -0.1) is 0 Å². The van der Waals surface area contributed by atoms with Gasteiger partial charge in [0.2, 0.25) is 0 Å². The number of nitrogens with zero attached hydrogens (tertiary/aromatic N) is 1. The lowest BCUT2D eigenvalue weighted by Gasteiger charge is -2.09. The van der Waals surface area contributed by atoms with Gasteiger partial charge in [0.05, 0.1) is 24.6 Å². The number of nitrogens with one attached hydrogen (secondary N) is 2. The molecule has 9 heteroatoms. The molecule has 8 nitrogen and oxygen atoms in total. The van der Waals surface area contributed by atoms with Crippen LogP contribution in [-0.2, 0) is 9.59 Å². The number of amides is 2. The molecule has 3 N–H and O–H groups in total. The summed E-state index contributed by atoms with van der Waals surface area (Å²) >= 11 is 5.85. The van der Waals surface area contributed by atoms with Gasteiger partial charge in [0.15, 0.2) is 0 Å².